The number of nitrogens with zero attached hydrogens (tertiary/aromatic N) is 1. The lowest BCUT2D eigenvalue weighted by Crippen LogP contribution is -2.33. The van der Waals surface area contributed by atoms with E-state index in [9.17, 15) is 0 Å². The summed E-state index contributed by atoms with van der Waals surface area (Å²) in [5, 5.41) is 0. The van der Waals surface area contributed by atoms with E-state index in [-0.39, 0.29) is 6.10 Å². The van der Waals surface area contributed by atoms with Gasteiger partial charge < -0.3 is 10.5 Å². The van der Waals surface area contributed by atoms with Gasteiger partial charge in [0.2, 0.25) is 0 Å². The van der Waals surface area contributed by atoms with E-state index in [1.807, 2.05) is 0 Å². The summed E-state index contributed by atoms with van der Waals surface area (Å²) < 4.78 is 5.24. The zero-order chi connectivity index (χ0) is 10.4. The second-order valence-electron chi connectivity index (χ2n) is 3.98. The molecule has 82 valence electrons. The third-order valence-corrected chi connectivity index (χ3v) is 2.88. The zero-order valence-corrected chi connectivity index (χ0v) is 9.33. The molecule has 0 aromatic rings. The van der Waals surface area contributed by atoms with Crippen LogP contribution >= 0.6 is 0 Å². The van der Waals surface area contributed by atoms with Gasteiger partial charge in [-0.3, -0.25) is 4.90 Å². The average Bonchev–Trinajstić information content (AvgIpc) is 2.22. The maximum absolute atomic E-state index is 5.57. The van der Waals surface area contributed by atoms with Crippen LogP contribution in [0.5, 0.6) is 0 Å². The molecule has 1 atom stereocenters. The highest BCUT2D eigenvalue weighted by molar-refractivity contribution is 5.03. The number of rotatable bonds is 5. The van der Waals surface area contributed by atoms with E-state index < -0.39 is 0 Å². The first-order valence-corrected chi connectivity index (χ1v) is 5.37. The van der Waals surface area contributed by atoms with Gasteiger partial charge in [0, 0.05) is 33.3 Å². The Morgan fingerprint density at radius 2 is 2.43 bits per heavy atom. The van der Waals surface area contributed by atoms with E-state index in [4.69, 9.17) is 10.5 Å². The predicted molar refractivity (Wildman–Crippen MR) is 59.3 cm³/mol. The maximum atomic E-state index is 5.57. The number of nitrogens with two attached hydrogens (primary N) is 1. The maximum Gasteiger partial charge on any atom is 0.0705 e. The molecular weight excluding hydrogens is 176 g/mol. The Kier molecular flexibility index (Phi) is 5.15. The summed E-state index contributed by atoms with van der Waals surface area (Å²) in [6.07, 6.45) is 4.79. The fraction of sp³-hybridized carbons (Fsp3) is 0.818. The Labute approximate surface area is 86.9 Å². The molecule has 2 N–H and O–H groups in total. The lowest BCUT2D eigenvalue weighted by Gasteiger charge is -2.26. The largest absolute Gasteiger partial charge is 0.380 e. The van der Waals surface area contributed by atoms with Crippen LogP contribution in [0.3, 0.4) is 0 Å². The molecule has 3 heteroatoms. The third-order valence-electron chi connectivity index (χ3n) is 2.88. The lowest BCUT2D eigenvalue weighted by molar-refractivity contribution is 0.0905. The number of ether oxygens (including phenoxy) is 1. The molecule has 0 aromatic carbocycles. The SMILES string of the molecule is COC(CN)CCN1CC=C(C)CC1. The summed E-state index contributed by atoms with van der Waals surface area (Å²) in [5.41, 5.74) is 7.08. The van der Waals surface area contributed by atoms with Gasteiger partial charge >= 0.3 is 0 Å². The highest BCUT2D eigenvalue weighted by atomic mass is 16.5. The Balaban J connectivity index is 2.19. The topological polar surface area (TPSA) is 38.5 Å². The molecule has 3 nitrogen and oxygen atoms in total. The van der Waals surface area contributed by atoms with Crippen molar-refractivity contribution in [2.24, 2.45) is 5.73 Å². The molecule has 1 aliphatic rings. The van der Waals surface area contributed by atoms with Crippen LogP contribution in [0.25, 0.3) is 0 Å². The van der Waals surface area contributed by atoms with Crippen LogP contribution in [0, 0.1) is 0 Å². The van der Waals surface area contributed by atoms with E-state index in [0.717, 1.165) is 19.5 Å². The van der Waals surface area contributed by atoms with Crippen molar-refractivity contribution in [3.63, 3.8) is 0 Å². The summed E-state index contributed by atoms with van der Waals surface area (Å²) in [6, 6.07) is 0. The molecule has 0 bridgehead atoms. The van der Waals surface area contributed by atoms with Crippen LogP contribution in [-0.2, 0) is 4.74 Å². The van der Waals surface area contributed by atoms with Crippen LogP contribution in [-0.4, -0.2) is 44.3 Å². The Morgan fingerprint density at radius 1 is 1.64 bits per heavy atom. The second-order valence-corrected chi connectivity index (χ2v) is 3.98. The average molecular weight is 198 g/mol. The van der Waals surface area contributed by atoms with Gasteiger partial charge in [-0.1, -0.05) is 11.6 Å². The first kappa shape index (κ1) is 11.7. The monoisotopic (exact) mass is 198 g/mol. The molecule has 0 amide bonds. The van der Waals surface area contributed by atoms with Gasteiger partial charge in [-0.05, 0) is 19.8 Å². The summed E-state index contributed by atoms with van der Waals surface area (Å²) in [5.74, 6) is 0. The van der Waals surface area contributed by atoms with Gasteiger partial charge in [0.1, 0.15) is 0 Å². The van der Waals surface area contributed by atoms with Crippen molar-refractivity contribution in [3.8, 4) is 0 Å². The van der Waals surface area contributed by atoms with E-state index in [1.165, 1.54) is 18.5 Å². The van der Waals surface area contributed by atoms with E-state index >= 15 is 0 Å². The normalized spacial score (nSPS) is 20.6. The van der Waals surface area contributed by atoms with Gasteiger partial charge in [-0.2, -0.15) is 0 Å². The first-order valence-electron chi connectivity index (χ1n) is 5.37. The molecule has 0 fully saturated rings. The van der Waals surface area contributed by atoms with E-state index in [0.29, 0.717) is 6.54 Å². The smallest absolute Gasteiger partial charge is 0.0705 e. The highest BCUT2D eigenvalue weighted by Gasteiger charge is 2.11. The highest BCUT2D eigenvalue weighted by Crippen LogP contribution is 2.10. The lowest BCUT2D eigenvalue weighted by atomic mass is 10.1. The second kappa shape index (κ2) is 6.17. The van der Waals surface area contributed by atoms with Crippen LogP contribution in [0.4, 0.5) is 0 Å². The van der Waals surface area contributed by atoms with Crippen LogP contribution in [0.15, 0.2) is 11.6 Å². The van der Waals surface area contributed by atoms with Gasteiger partial charge in [0.05, 0.1) is 6.10 Å². The Bertz CT molecular complexity index is 188. The van der Waals surface area contributed by atoms with Crippen LogP contribution < -0.4 is 5.73 Å². The van der Waals surface area contributed by atoms with E-state index in [1.54, 1.807) is 7.11 Å². The van der Waals surface area contributed by atoms with Crippen molar-refractivity contribution in [1.29, 1.82) is 0 Å². The summed E-state index contributed by atoms with van der Waals surface area (Å²) in [7, 11) is 1.73. The van der Waals surface area contributed by atoms with Crippen molar-refractivity contribution in [2.75, 3.05) is 33.3 Å². The van der Waals surface area contributed by atoms with E-state index in [2.05, 4.69) is 17.9 Å². The van der Waals surface area contributed by atoms with Crippen molar-refractivity contribution in [2.45, 2.75) is 25.9 Å². The molecule has 1 aliphatic heterocycles. The minimum absolute atomic E-state index is 0.224. The predicted octanol–water partition coefficient (Wildman–Crippen LogP) is 1.00. The molecule has 1 unspecified atom stereocenters. The molecule has 0 aromatic heterocycles. The number of hydrogen-bond donors (Lipinski definition) is 1. The first-order chi connectivity index (χ1) is 6.76. The van der Waals surface area contributed by atoms with Gasteiger partial charge in [0.15, 0.2) is 0 Å². The fourth-order valence-corrected chi connectivity index (χ4v) is 1.67. The molecule has 0 aliphatic carbocycles. The molecule has 0 radical (unpaired) electrons. The van der Waals surface area contributed by atoms with Crippen molar-refractivity contribution in [3.05, 3.63) is 11.6 Å². The summed E-state index contributed by atoms with van der Waals surface area (Å²) in [4.78, 5) is 2.45. The van der Waals surface area contributed by atoms with Gasteiger partial charge in [-0.15, -0.1) is 0 Å². The molecule has 1 rings (SSSR count). The summed E-state index contributed by atoms with van der Waals surface area (Å²) >= 11 is 0. The van der Waals surface area contributed by atoms with Gasteiger partial charge in [0.25, 0.3) is 0 Å². The fourth-order valence-electron chi connectivity index (χ4n) is 1.67. The number of methoxy groups -OCH3 is 1. The Morgan fingerprint density at radius 3 is 2.93 bits per heavy atom. The minimum atomic E-state index is 0.224. The zero-order valence-electron chi connectivity index (χ0n) is 9.33. The summed E-state index contributed by atoms with van der Waals surface area (Å²) in [6.45, 7) is 6.20. The Hall–Kier alpha value is -0.380. The molecular formula is C11H22N2O. The molecule has 0 spiro atoms. The minimum Gasteiger partial charge on any atom is -0.380 e. The third kappa shape index (κ3) is 3.78. The van der Waals surface area contributed by atoms with Crippen LogP contribution in [0.1, 0.15) is 19.8 Å². The van der Waals surface area contributed by atoms with Crippen LogP contribution in [0.2, 0.25) is 0 Å². The van der Waals surface area contributed by atoms with Crippen molar-refractivity contribution < 1.29 is 4.74 Å². The van der Waals surface area contributed by atoms with Gasteiger partial charge in [-0.25, -0.2) is 0 Å². The molecule has 0 saturated heterocycles. The molecule has 1 heterocycles. The van der Waals surface area contributed by atoms with Crippen molar-refractivity contribution >= 4 is 0 Å². The number of hydrogen-bond acceptors (Lipinski definition) is 3. The van der Waals surface area contributed by atoms with Crippen molar-refractivity contribution in [1.82, 2.24) is 4.90 Å². The quantitative estimate of drug-likeness (QED) is 0.670. The standard InChI is InChI=1S/C11H22N2O/c1-10-3-6-13(7-4-10)8-5-11(9-12)14-2/h3,11H,4-9,12H2,1-2H3. The molecule has 14 heavy (non-hydrogen) atoms. The molecule has 0 saturated carbocycles.